The van der Waals surface area contributed by atoms with E-state index in [1.54, 1.807) is 18.3 Å². The van der Waals surface area contributed by atoms with Gasteiger partial charge in [-0.2, -0.15) is 11.8 Å². The highest BCUT2D eigenvalue weighted by atomic mass is 32.2. The maximum Gasteiger partial charge on any atom is 0.255 e. The first-order valence-corrected chi connectivity index (χ1v) is 10.1. The van der Waals surface area contributed by atoms with Crippen LogP contribution < -0.4 is 5.32 Å². The number of aromatic nitrogens is 1. The Balaban J connectivity index is 1.41. The van der Waals surface area contributed by atoms with Crippen LogP contribution in [0.15, 0.2) is 65.5 Å². The van der Waals surface area contributed by atoms with Gasteiger partial charge >= 0.3 is 0 Å². The van der Waals surface area contributed by atoms with Gasteiger partial charge in [0, 0.05) is 48.0 Å². The molecule has 0 spiro atoms. The van der Waals surface area contributed by atoms with Crippen molar-refractivity contribution in [2.75, 3.05) is 29.9 Å². The van der Waals surface area contributed by atoms with Crippen molar-refractivity contribution in [1.82, 2.24) is 9.88 Å². The lowest BCUT2D eigenvalue weighted by atomic mass is 10.1. The van der Waals surface area contributed by atoms with Crippen LogP contribution >= 0.6 is 11.8 Å². The van der Waals surface area contributed by atoms with Crippen molar-refractivity contribution in [3.8, 4) is 11.3 Å². The van der Waals surface area contributed by atoms with Gasteiger partial charge in [0.2, 0.25) is 0 Å². The summed E-state index contributed by atoms with van der Waals surface area (Å²) in [5, 5.41) is 2.99. The highest BCUT2D eigenvalue weighted by Gasteiger charge is 2.12. The molecule has 0 aliphatic carbocycles. The van der Waals surface area contributed by atoms with Crippen LogP contribution in [0, 0.1) is 0 Å². The van der Waals surface area contributed by atoms with E-state index >= 15 is 0 Å². The molecule has 1 N–H and O–H groups in total. The monoisotopic (exact) mass is 379 g/mol. The van der Waals surface area contributed by atoms with Crippen molar-refractivity contribution in [2.45, 2.75) is 6.54 Å². The third kappa shape index (κ3) is 4.59. The third-order valence-electron chi connectivity index (χ3n) is 4.56. The minimum atomic E-state index is -0.120. The third-order valence-corrected chi connectivity index (χ3v) is 5.50. The molecule has 0 atom stereocenters. The van der Waals surface area contributed by atoms with E-state index in [4.69, 9.17) is 4.42 Å². The number of hydrogen-bond donors (Lipinski definition) is 1. The fraction of sp³-hybridized carbons (Fsp3) is 0.238. The van der Waals surface area contributed by atoms with Gasteiger partial charge in [-0.3, -0.25) is 9.69 Å². The topological polar surface area (TPSA) is 58.4 Å². The zero-order valence-corrected chi connectivity index (χ0v) is 15.7. The van der Waals surface area contributed by atoms with E-state index in [0.717, 1.165) is 30.9 Å². The summed E-state index contributed by atoms with van der Waals surface area (Å²) < 4.78 is 5.27. The Hall–Kier alpha value is -2.57. The van der Waals surface area contributed by atoms with Gasteiger partial charge < -0.3 is 9.73 Å². The summed E-state index contributed by atoms with van der Waals surface area (Å²) in [4.78, 5) is 18.9. The van der Waals surface area contributed by atoms with Crippen LogP contribution in [0.3, 0.4) is 0 Å². The molecular formula is C21H21N3O2S. The smallest absolute Gasteiger partial charge is 0.255 e. The molecule has 27 heavy (non-hydrogen) atoms. The van der Waals surface area contributed by atoms with Crippen LogP contribution in [0.4, 0.5) is 5.69 Å². The largest absolute Gasteiger partial charge is 0.444 e. The molecule has 6 heteroatoms. The summed E-state index contributed by atoms with van der Waals surface area (Å²) in [7, 11) is 0. The number of benzene rings is 2. The van der Waals surface area contributed by atoms with E-state index in [2.05, 4.69) is 27.3 Å². The Labute approximate surface area is 162 Å². The van der Waals surface area contributed by atoms with E-state index in [9.17, 15) is 4.79 Å². The van der Waals surface area contributed by atoms with Crippen LogP contribution in [-0.2, 0) is 6.54 Å². The first kappa shape index (κ1) is 17.8. The standard InChI is InChI=1S/C21H21N3O2S/c25-21(18-6-4-17(5-7-18)20-13-22-15-26-20)23-19-3-1-2-16(12-19)14-24-8-10-27-11-9-24/h1-7,12-13,15H,8-11,14H2,(H,23,25). The van der Waals surface area contributed by atoms with Crippen molar-refractivity contribution in [2.24, 2.45) is 0 Å². The maximum atomic E-state index is 12.6. The second kappa shape index (κ2) is 8.41. The number of oxazole rings is 1. The molecule has 1 aliphatic heterocycles. The van der Waals surface area contributed by atoms with Gasteiger partial charge in [-0.1, -0.05) is 24.3 Å². The molecule has 5 nitrogen and oxygen atoms in total. The molecule has 0 unspecified atom stereocenters. The summed E-state index contributed by atoms with van der Waals surface area (Å²) in [6.07, 6.45) is 3.05. The molecule has 1 aromatic heterocycles. The Kier molecular flexibility index (Phi) is 5.55. The highest BCUT2D eigenvalue weighted by molar-refractivity contribution is 7.99. The molecule has 1 fully saturated rings. The number of carbonyl (C=O) groups is 1. The number of nitrogens with zero attached hydrogens (tertiary/aromatic N) is 2. The molecule has 0 bridgehead atoms. The van der Waals surface area contributed by atoms with E-state index in [0.29, 0.717) is 11.3 Å². The zero-order chi connectivity index (χ0) is 18.5. The summed E-state index contributed by atoms with van der Waals surface area (Å²) in [5.41, 5.74) is 3.55. The predicted octanol–water partition coefficient (Wildman–Crippen LogP) is 4.14. The van der Waals surface area contributed by atoms with Crippen molar-refractivity contribution in [3.05, 3.63) is 72.2 Å². The first-order valence-electron chi connectivity index (χ1n) is 8.97. The lowest BCUT2D eigenvalue weighted by Gasteiger charge is -2.26. The number of anilines is 1. The molecule has 1 aliphatic rings. The van der Waals surface area contributed by atoms with Crippen molar-refractivity contribution < 1.29 is 9.21 Å². The molecular weight excluding hydrogens is 358 g/mol. The summed E-state index contributed by atoms with van der Waals surface area (Å²) in [6.45, 7) is 3.17. The molecule has 1 amide bonds. The Morgan fingerprint density at radius 3 is 2.70 bits per heavy atom. The molecule has 4 rings (SSSR count). The van der Waals surface area contributed by atoms with Crippen molar-refractivity contribution in [1.29, 1.82) is 0 Å². The van der Waals surface area contributed by atoms with Crippen LogP contribution in [0.1, 0.15) is 15.9 Å². The number of thioether (sulfide) groups is 1. The van der Waals surface area contributed by atoms with Gasteiger partial charge in [0.05, 0.1) is 6.20 Å². The normalized spacial score (nSPS) is 14.8. The fourth-order valence-corrected chi connectivity index (χ4v) is 4.09. The highest BCUT2D eigenvalue weighted by Crippen LogP contribution is 2.20. The second-order valence-electron chi connectivity index (χ2n) is 6.49. The van der Waals surface area contributed by atoms with Crippen molar-refractivity contribution >= 4 is 23.4 Å². The van der Waals surface area contributed by atoms with Crippen LogP contribution in [0.25, 0.3) is 11.3 Å². The van der Waals surface area contributed by atoms with E-state index < -0.39 is 0 Å². The molecule has 138 valence electrons. The summed E-state index contributed by atoms with van der Waals surface area (Å²) in [6, 6.07) is 15.4. The minimum Gasteiger partial charge on any atom is -0.444 e. The predicted molar refractivity (Wildman–Crippen MR) is 109 cm³/mol. The van der Waals surface area contributed by atoms with E-state index in [1.807, 2.05) is 36.0 Å². The number of rotatable bonds is 5. The molecule has 3 aromatic rings. The maximum absolute atomic E-state index is 12.6. The number of nitrogens with one attached hydrogen (secondary N) is 1. The SMILES string of the molecule is O=C(Nc1cccc(CN2CCSCC2)c1)c1ccc(-c2cnco2)cc1. The average Bonchev–Trinajstić information content (AvgIpc) is 3.24. The van der Waals surface area contributed by atoms with Crippen LogP contribution in [0.2, 0.25) is 0 Å². The molecule has 0 radical (unpaired) electrons. The zero-order valence-electron chi connectivity index (χ0n) is 14.9. The Morgan fingerprint density at radius 2 is 1.96 bits per heavy atom. The van der Waals surface area contributed by atoms with E-state index in [1.165, 1.54) is 23.5 Å². The number of amides is 1. The molecule has 2 aromatic carbocycles. The number of carbonyl (C=O) groups excluding carboxylic acids is 1. The average molecular weight is 379 g/mol. The minimum absolute atomic E-state index is 0.120. The van der Waals surface area contributed by atoms with Crippen LogP contribution in [0.5, 0.6) is 0 Å². The molecule has 0 saturated carbocycles. The quantitative estimate of drug-likeness (QED) is 0.722. The second-order valence-corrected chi connectivity index (χ2v) is 7.71. The van der Waals surface area contributed by atoms with Gasteiger partial charge in [-0.25, -0.2) is 4.98 Å². The lowest BCUT2D eigenvalue weighted by Crippen LogP contribution is -2.31. The van der Waals surface area contributed by atoms with Gasteiger partial charge in [0.1, 0.15) is 0 Å². The summed E-state index contributed by atoms with van der Waals surface area (Å²) in [5.74, 6) is 2.96. The van der Waals surface area contributed by atoms with Gasteiger partial charge in [0.25, 0.3) is 5.91 Å². The number of hydrogen-bond acceptors (Lipinski definition) is 5. The fourth-order valence-electron chi connectivity index (χ4n) is 3.11. The van der Waals surface area contributed by atoms with Gasteiger partial charge in [-0.05, 0) is 29.8 Å². The Bertz CT molecular complexity index is 888. The van der Waals surface area contributed by atoms with E-state index in [-0.39, 0.29) is 5.91 Å². The molecule has 2 heterocycles. The lowest BCUT2D eigenvalue weighted by molar-refractivity contribution is 0.102. The van der Waals surface area contributed by atoms with Gasteiger partial charge in [0.15, 0.2) is 12.2 Å². The van der Waals surface area contributed by atoms with Crippen LogP contribution in [-0.4, -0.2) is 40.4 Å². The molecule has 1 saturated heterocycles. The Morgan fingerprint density at radius 1 is 1.15 bits per heavy atom. The van der Waals surface area contributed by atoms with Crippen molar-refractivity contribution in [3.63, 3.8) is 0 Å². The first-order chi connectivity index (χ1) is 13.3. The summed E-state index contributed by atoms with van der Waals surface area (Å²) >= 11 is 2.01. The van der Waals surface area contributed by atoms with Gasteiger partial charge in [-0.15, -0.1) is 0 Å².